The van der Waals surface area contributed by atoms with Gasteiger partial charge in [0.05, 0.1) is 12.0 Å². The van der Waals surface area contributed by atoms with Crippen LogP contribution in [-0.2, 0) is 11.2 Å². The lowest BCUT2D eigenvalue weighted by Crippen LogP contribution is -2.41. The van der Waals surface area contributed by atoms with E-state index < -0.39 is 5.60 Å². The van der Waals surface area contributed by atoms with Crippen molar-refractivity contribution in [2.45, 2.75) is 52.6 Å². The van der Waals surface area contributed by atoms with Gasteiger partial charge in [-0.2, -0.15) is 0 Å². The summed E-state index contributed by atoms with van der Waals surface area (Å²) in [6.07, 6.45) is 1.96. The Balaban J connectivity index is 2.49. The molecule has 1 aromatic carbocycles. The van der Waals surface area contributed by atoms with Gasteiger partial charge in [0, 0.05) is 6.54 Å². The molecule has 0 aliphatic rings. The fraction of sp³-hybridized carbons (Fsp3) is 0.562. The highest BCUT2D eigenvalue weighted by molar-refractivity contribution is 5.78. The van der Waals surface area contributed by atoms with E-state index in [1.165, 1.54) is 11.1 Å². The van der Waals surface area contributed by atoms with Crippen molar-refractivity contribution in [1.29, 1.82) is 0 Å². The maximum Gasteiger partial charge on any atom is 0.224 e. The molecule has 0 aliphatic carbocycles. The quantitative estimate of drug-likeness (QED) is 0.828. The number of aliphatic hydroxyl groups is 1. The minimum atomic E-state index is -0.812. The summed E-state index contributed by atoms with van der Waals surface area (Å²) < 4.78 is 0. The Bertz CT molecular complexity index is 438. The summed E-state index contributed by atoms with van der Waals surface area (Å²) in [6, 6.07) is 6.05. The van der Waals surface area contributed by atoms with Gasteiger partial charge in [-0.15, -0.1) is 0 Å². The Kier molecular flexibility index (Phi) is 5.55. The van der Waals surface area contributed by atoms with Crippen LogP contribution in [0, 0.1) is 13.8 Å². The van der Waals surface area contributed by atoms with Crippen LogP contribution in [0.15, 0.2) is 18.2 Å². The number of carbonyl (C=O) groups excluding carboxylic acids is 1. The molecule has 0 fully saturated rings. The Hall–Kier alpha value is -1.35. The minimum Gasteiger partial charge on any atom is -0.388 e. The van der Waals surface area contributed by atoms with Crippen molar-refractivity contribution in [2.75, 3.05) is 6.54 Å². The highest BCUT2D eigenvalue weighted by Gasteiger charge is 2.19. The van der Waals surface area contributed by atoms with E-state index >= 15 is 0 Å². The molecule has 3 heteroatoms. The zero-order valence-corrected chi connectivity index (χ0v) is 12.4. The van der Waals surface area contributed by atoms with Gasteiger partial charge in [-0.3, -0.25) is 4.79 Å². The van der Waals surface area contributed by atoms with Crippen molar-refractivity contribution in [1.82, 2.24) is 5.32 Å². The summed E-state index contributed by atoms with van der Waals surface area (Å²) in [5.41, 5.74) is 2.63. The third-order valence-corrected chi connectivity index (χ3v) is 3.39. The fourth-order valence-corrected chi connectivity index (χ4v) is 2.08. The van der Waals surface area contributed by atoms with E-state index in [2.05, 4.69) is 12.2 Å². The number of nitrogens with one attached hydrogen (secondary N) is 1. The fourth-order valence-electron chi connectivity index (χ4n) is 2.08. The van der Waals surface area contributed by atoms with E-state index in [0.717, 1.165) is 12.0 Å². The highest BCUT2D eigenvalue weighted by Crippen LogP contribution is 2.12. The number of hydrogen-bond donors (Lipinski definition) is 2. The van der Waals surface area contributed by atoms with Gasteiger partial charge in [-0.1, -0.05) is 31.5 Å². The lowest BCUT2D eigenvalue weighted by atomic mass is 10.0. The highest BCUT2D eigenvalue weighted by atomic mass is 16.3. The van der Waals surface area contributed by atoms with Crippen LogP contribution in [0.4, 0.5) is 0 Å². The summed E-state index contributed by atoms with van der Waals surface area (Å²) in [5.74, 6) is -0.0420. The average molecular weight is 263 g/mol. The number of amides is 1. The molecule has 2 N–H and O–H groups in total. The number of rotatable bonds is 6. The van der Waals surface area contributed by atoms with Crippen LogP contribution in [0.2, 0.25) is 0 Å². The Morgan fingerprint density at radius 3 is 2.58 bits per heavy atom. The van der Waals surface area contributed by atoms with Crippen LogP contribution < -0.4 is 5.32 Å². The Morgan fingerprint density at radius 1 is 1.32 bits per heavy atom. The topological polar surface area (TPSA) is 49.3 Å². The first-order valence-corrected chi connectivity index (χ1v) is 6.89. The second-order valence-electron chi connectivity index (χ2n) is 5.62. The summed E-state index contributed by atoms with van der Waals surface area (Å²) >= 11 is 0. The first-order valence-electron chi connectivity index (χ1n) is 6.89. The predicted octanol–water partition coefficient (Wildman–Crippen LogP) is 2.51. The van der Waals surface area contributed by atoms with Gasteiger partial charge < -0.3 is 10.4 Å². The van der Waals surface area contributed by atoms with Gasteiger partial charge >= 0.3 is 0 Å². The molecular weight excluding hydrogens is 238 g/mol. The van der Waals surface area contributed by atoms with Gasteiger partial charge in [0.2, 0.25) is 5.91 Å². The first-order chi connectivity index (χ1) is 8.84. The van der Waals surface area contributed by atoms with Gasteiger partial charge in [0.1, 0.15) is 0 Å². The van der Waals surface area contributed by atoms with Crippen molar-refractivity contribution in [3.63, 3.8) is 0 Å². The van der Waals surface area contributed by atoms with Crippen LogP contribution in [0.5, 0.6) is 0 Å². The molecule has 0 aromatic heterocycles. The number of carbonyl (C=O) groups is 1. The molecule has 0 aliphatic heterocycles. The molecule has 0 heterocycles. The standard InChI is InChI=1S/C16H25NO2/c1-5-8-16(4,19)11-17-15(18)10-14-7-6-12(2)13(3)9-14/h6-7,9,19H,5,8,10-11H2,1-4H3,(H,17,18). The molecular formula is C16H25NO2. The molecule has 1 atom stereocenters. The minimum absolute atomic E-state index is 0.0420. The van der Waals surface area contributed by atoms with Crippen LogP contribution in [-0.4, -0.2) is 23.2 Å². The van der Waals surface area contributed by atoms with Crippen molar-refractivity contribution < 1.29 is 9.90 Å². The molecule has 1 unspecified atom stereocenters. The number of aryl methyl sites for hydroxylation is 2. The van der Waals surface area contributed by atoms with Gasteiger partial charge in [-0.05, 0) is 43.9 Å². The molecule has 0 saturated carbocycles. The third kappa shape index (κ3) is 5.43. The van der Waals surface area contributed by atoms with Crippen LogP contribution in [0.3, 0.4) is 0 Å². The molecule has 0 saturated heterocycles. The van der Waals surface area contributed by atoms with E-state index in [4.69, 9.17) is 0 Å². The number of benzene rings is 1. The van der Waals surface area contributed by atoms with Crippen molar-refractivity contribution >= 4 is 5.91 Å². The molecule has 0 radical (unpaired) electrons. The van der Waals surface area contributed by atoms with Crippen LogP contribution in [0.25, 0.3) is 0 Å². The zero-order chi connectivity index (χ0) is 14.5. The van der Waals surface area contributed by atoms with E-state index in [0.29, 0.717) is 19.4 Å². The lowest BCUT2D eigenvalue weighted by molar-refractivity contribution is -0.121. The first kappa shape index (κ1) is 15.7. The second kappa shape index (κ2) is 6.71. The summed E-state index contributed by atoms with van der Waals surface area (Å²) in [5, 5.41) is 12.8. The van der Waals surface area contributed by atoms with E-state index in [-0.39, 0.29) is 5.91 Å². The molecule has 19 heavy (non-hydrogen) atoms. The summed E-state index contributed by atoms with van der Waals surface area (Å²) in [7, 11) is 0. The molecule has 1 amide bonds. The maximum atomic E-state index is 11.8. The van der Waals surface area contributed by atoms with Crippen molar-refractivity contribution in [3.8, 4) is 0 Å². The van der Waals surface area contributed by atoms with E-state index in [9.17, 15) is 9.90 Å². The zero-order valence-electron chi connectivity index (χ0n) is 12.4. The molecule has 0 bridgehead atoms. The molecule has 0 spiro atoms. The Morgan fingerprint density at radius 2 is 2.00 bits per heavy atom. The van der Waals surface area contributed by atoms with Gasteiger partial charge in [0.15, 0.2) is 0 Å². The molecule has 106 valence electrons. The summed E-state index contributed by atoms with van der Waals surface area (Å²) in [4.78, 5) is 11.8. The third-order valence-electron chi connectivity index (χ3n) is 3.39. The normalized spacial score (nSPS) is 13.9. The predicted molar refractivity (Wildman–Crippen MR) is 78.2 cm³/mol. The van der Waals surface area contributed by atoms with E-state index in [1.807, 2.05) is 32.0 Å². The van der Waals surface area contributed by atoms with Gasteiger partial charge in [0.25, 0.3) is 0 Å². The van der Waals surface area contributed by atoms with Gasteiger partial charge in [-0.25, -0.2) is 0 Å². The summed E-state index contributed by atoms with van der Waals surface area (Å²) in [6.45, 7) is 8.19. The average Bonchev–Trinajstić information content (AvgIpc) is 2.32. The number of hydrogen-bond acceptors (Lipinski definition) is 2. The SMILES string of the molecule is CCCC(C)(O)CNC(=O)Cc1ccc(C)c(C)c1. The van der Waals surface area contributed by atoms with E-state index in [1.54, 1.807) is 6.92 Å². The second-order valence-corrected chi connectivity index (χ2v) is 5.62. The molecule has 3 nitrogen and oxygen atoms in total. The maximum absolute atomic E-state index is 11.8. The largest absolute Gasteiger partial charge is 0.388 e. The monoisotopic (exact) mass is 263 g/mol. The molecule has 1 rings (SSSR count). The lowest BCUT2D eigenvalue weighted by Gasteiger charge is -2.22. The van der Waals surface area contributed by atoms with Crippen molar-refractivity contribution in [2.24, 2.45) is 0 Å². The van der Waals surface area contributed by atoms with Crippen LogP contribution >= 0.6 is 0 Å². The Labute approximate surface area is 116 Å². The smallest absolute Gasteiger partial charge is 0.224 e. The van der Waals surface area contributed by atoms with Crippen LogP contribution in [0.1, 0.15) is 43.4 Å². The molecule has 1 aromatic rings. The van der Waals surface area contributed by atoms with Crippen molar-refractivity contribution in [3.05, 3.63) is 34.9 Å².